The second-order valence-electron chi connectivity index (χ2n) is 8.10. The van der Waals surface area contributed by atoms with Crippen LogP contribution in [-0.2, 0) is 19.1 Å². The molecule has 5 aliphatic rings. The summed E-state index contributed by atoms with van der Waals surface area (Å²) in [7, 11) is 0. The van der Waals surface area contributed by atoms with E-state index in [1.165, 1.54) is 0 Å². The minimum Gasteiger partial charge on any atom is -0.481 e. The second-order valence-corrected chi connectivity index (χ2v) is 8.10. The summed E-state index contributed by atoms with van der Waals surface area (Å²) in [6.07, 6.45) is 4.07. The third kappa shape index (κ3) is 1.48. The number of aliphatic carboxylic acids is 1. The number of hydrogen-bond donors (Lipinski definition) is 1. The predicted octanol–water partition coefficient (Wildman–Crippen LogP) is 1.83. The summed E-state index contributed by atoms with van der Waals surface area (Å²) in [5.74, 6) is -2.43. The molecule has 1 spiro atoms. The molecule has 6 heteroatoms. The third-order valence-corrected chi connectivity index (χ3v) is 6.91. The van der Waals surface area contributed by atoms with E-state index in [4.69, 9.17) is 9.47 Å². The highest BCUT2D eigenvalue weighted by Crippen LogP contribution is 2.62. The van der Waals surface area contributed by atoms with Gasteiger partial charge < -0.3 is 19.5 Å². The molecule has 134 valence electrons. The molecule has 0 aromatic heterocycles. The van der Waals surface area contributed by atoms with Crippen LogP contribution in [0.5, 0.6) is 0 Å². The minimum absolute atomic E-state index is 0.0630. The topological polar surface area (TPSA) is 76.1 Å². The highest BCUT2D eigenvalue weighted by molar-refractivity contribution is 6.04. The normalized spacial score (nSPS) is 44.0. The Labute approximate surface area is 150 Å². The first-order chi connectivity index (χ1) is 12.5. The lowest BCUT2D eigenvalue weighted by Gasteiger charge is -2.44. The molecule has 5 heterocycles. The Morgan fingerprint density at radius 1 is 1.38 bits per heavy atom. The van der Waals surface area contributed by atoms with Crippen molar-refractivity contribution in [2.75, 3.05) is 11.5 Å². The van der Waals surface area contributed by atoms with Crippen LogP contribution >= 0.6 is 0 Å². The lowest BCUT2D eigenvalue weighted by molar-refractivity contribution is -0.146. The molecule has 0 saturated carbocycles. The van der Waals surface area contributed by atoms with Crippen molar-refractivity contribution in [3.8, 4) is 0 Å². The van der Waals surface area contributed by atoms with Gasteiger partial charge in [0.1, 0.15) is 11.5 Å². The Kier molecular flexibility index (Phi) is 2.62. The van der Waals surface area contributed by atoms with Crippen molar-refractivity contribution in [3.05, 3.63) is 41.5 Å². The van der Waals surface area contributed by atoms with Crippen molar-refractivity contribution < 1.29 is 24.2 Å². The quantitative estimate of drug-likeness (QED) is 0.780. The number of carbonyl (C=O) groups is 2. The second kappa shape index (κ2) is 4.56. The zero-order chi connectivity index (χ0) is 17.8. The SMILES string of the molecule is Cc1ccc2c(c1)[C@H]1OCC[C@@H]1[C@@H]1N2C(=O)[C@@H]2[C@@H](C(=O)O)[C@@H]3C=C[C@@]21O3. The van der Waals surface area contributed by atoms with Gasteiger partial charge in [-0.05, 0) is 19.4 Å². The Morgan fingerprint density at radius 3 is 3.04 bits per heavy atom. The molecule has 1 aromatic rings. The van der Waals surface area contributed by atoms with Gasteiger partial charge >= 0.3 is 5.97 Å². The van der Waals surface area contributed by atoms with E-state index in [0.29, 0.717) is 6.61 Å². The highest BCUT2D eigenvalue weighted by Gasteiger charge is 2.74. The van der Waals surface area contributed by atoms with Gasteiger partial charge in [-0.25, -0.2) is 0 Å². The van der Waals surface area contributed by atoms with E-state index < -0.39 is 29.5 Å². The number of carboxylic acid groups (broad SMARTS) is 1. The van der Waals surface area contributed by atoms with E-state index in [-0.39, 0.29) is 24.0 Å². The minimum atomic E-state index is -0.956. The Hall–Kier alpha value is -2.18. The molecule has 26 heavy (non-hydrogen) atoms. The van der Waals surface area contributed by atoms with Gasteiger partial charge in [-0.3, -0.25) is 9.59 Å². The van der Waals surface area contributed by atoms with Gasteiger partial charge in [-0.15, -0.1) is 0 Å². The number of nitrogens with zero attached hydrogens (tertiary/aromatic N) is 1. The lowest BCUT2D eigenvalue weighted by Crippen LogP contribution is -2.53. The maximum Gasteiger partial charge on any atom is 0.310 e. The van der Waals surface area contributed by atoms with Gasteiger partial charge in [0, 0.05) is 23.8 Å². The summed E-state index contributed by atoms with van der Waals surface area (Å²) >= 11 is 0. The Morgan fingerprint density at radius 2 is 2.23 bits per heavy atom. The van der Waals surface area contributed by atoms with E-state index >= 15 is 0 Å². The fourth-order valence-electron chi connectivity index (χ4n) is 6.04. The summed E-state index contributed by atoms with van der Waals surface area (Å²) in [6.45, 7) is 2.68. The average Bonchev–Trinajstić information content (AvgIpc) is 3.35. The summed E-state index contributed by atoms with van der Waals surface area (Å²) in [5, 5.41) is 9.74. The summed E-state index contributed by atoms with van der Waals surface area (Å²) < 4.78 is 12.3. The molecule has 1 N–H and O–H groups in total. The molecule has 0 radical (unpaired) electrons. The van der Waals surface area contributed by atoms with E-state index in [0.717, 1.165) is 23.2 Å². The molecule has 7 atom stereocenters. The number of amides is 1. The van der Waals surface area contributed by atoms with E-state index in [2.05, 4.69) is 6.07 Å². The van der Waals surface area contributed by atoms with E-state index in [1.54, 1.807) is 0 Å². The first kappa shape index (κ1) is 14.9. The molecule has 3 fully saturated rings. The van der Waals surface area contributed by atoms with Crippen LogP contribution in [0.25, 0.3) is 0 Å². The maximum absolute atomic E-state index is 13.5. The van der Waals surface area contributed by atoms with E-state index in [1.807, 2.05) is 36.1 Å². The van der Waals surface area contributed by atoms with Crippen LogP contribution in [-0.4, -0.2) is 41.3 Å². The number of benzene rings is 1. The lowest BCUT2D eigenvalue weighted by atomic mass is 9.70. The molecule has 3 saturated heterocycles. The van der Waals surface area contributed by atoms with Gasteiger partial charge in [0.05, 0.1) is 24.2 Å². The molecule has 0 unspecified atom stereocenters. The van der Waals surface area contributed by atoms with Crippen molar-refractivity contribution in [2.24, 2.45) is 17.8 Å². The summed E-state index contributed by atoms with van der Waals surface area (Å²) in [5.41, 5.74) is 2.17. The van der Waals surface area contributed by atoms with E-state index in [9.17, 15) is 14.7 Å². The van der Waals surface area contributed by atoms with Crippen molar-refractivity contribution in [1.29, 1.82) is 0 Å². The molecule has 1 amide bonds. The molecule has 0 aliphatic carbocycles. The van der Waals surface area contributed by atoms with Gasteiger partial charge in [0.15, 0.2) is 0 Å². The summed E-state index contributed by atoms with van der Waals surface area (Å²) in [4.78, 5) is 27.2. The number of carbonyl (C=O) groups excluding carboxylic acids is 1. The van der Waals surface area contributed by atoms with Crippen LogP contribution in [0.3, 0.4) is 0 Å². The molecular formula is C20H19NO5. The van der Waals surface area contributed by atoms with Crippen molar-refractivity contribution >= 4 is 17.6 Å². The monoisotopic (exact) mass is 353 g/mol. The largest absolute Gasteiger partial charge is 0.481 e. The van der Waals surface area contributed by atoms with Gasteiger partial charge in [-0.2, -0.15) is 0 Å². The van der Waals surface area contributed by atoms with Crippen LogP contribution in [0.1, 0.15) is 23.7 Å². The first-order valence-corrected chi connectivity index (χ1v) is 9.18. The number of ether oxygens (including phenoxy) is 2. The number of fused-ring (bicyclic) bond motifs is 7. The third-order valence-electron chi connectivity index (χ3n) is 6.91. The van der Waals surface area contributed by atoms with Gasteiger partial charge in [0.25, 0.3) is 0 Å². The van der Waals surface area contributed by atoms with Crippen LogP contribution in [0.15, 0.2) is 30.4 Å². The van der Waals surface area contributed by atoms with Crippen LogP contribution < -0.4 is 4.90 Å². The zero-order valence-electron chi connectivity index (χ0n) is 14.3. The highest BCUT2D eigenvalue weighted by atomic mass is 16.5. The molecule has 6 rings (SSSR count). The predicted molar refractivity (Wildman–Crippen MR) is 90.6 cm³/mol. The fourth-order valence-corrected chi connectivity index (χ4v) is 6.04. The van der Waals surface area contributed by atoms with Gasteiger partial charge in [-0.1, -0.05) is 29.8 Å². The smallest absolute Gasteiger partial charge is 0.310 e. The standard InChI is InChI=1S/C20H19NO5/c1-9-2-3-12-11(8-9)16-10(5-7-25-16)17-20-6-4-13(26-20)14(19(23)24)15(20)18(22)21(12)17/h2-4,6,8,10,13-17H,5,7H2,1H3,(H,23,24)/t10-,13-,14-,15-,16-,17-,20+/m0/s1. The molecule has 2 bridgehead atoms. The number of anilines is 1. The fraction of sp³-hybridized carbons (Fsp3) is 0.500. The van der Waals surface area contributed by atoms with Crippen LogP contribution in [0, 0.1) is 24.7 Å². The number of hydrogen-bond acceptors (Lipinski definition) is 4. The molecule has 6 nitrogen and oxygen atoms in total. The van der Waals surface area contributed by atoms with Crippen molar-refractivity contribution in [1.82, 2.24) is 0 Å². The van der Waals surface area contributed by atoms with Crippen molar-refractivity contribution in [2.45, 2.75) is 37.2 Å². The van der Waals surface area contributed by atoms with Crippen LogP contribution in [0.4, 0.5) is 5.69 Å². The number of rotatable bonds is 1. The van der Waals surface area contributed by atoms with Crippen LogP contribution in [0.2, 0.25) is 0 Å². The first-order valence-electron chi connectivity index (χ1n) is 9.18. The molecular weight excluding hydrogens is 334 g/mol. The van der Waals surface area contributed by atoms with Crippen molar-refractivity contribution in [3.63, 3.8) is 0 Å². The average molecular weight is 353 g/mol. The summed E-state index contributed by atoms with van der Waals surface area (Å²) in [6, 6.07) is 5.86. The Balaban J connectivity index is 1.59. The zero-order valence-corrected chi connectivity index (χ0v) is 14.3. The number of aryl methyl sites for hydroxylation is 1. The van der Waals surface area contributed by atoms with Gasteiger partial charge in [0.2, 0.25) is 5.91 Å². The molecule has 5 aliphatic heterocycles. The maximum atomic E-state index is 13.5. The number of carboxylic acids is 1. The molecule has 1 aromatic carbocycles. The Bertz CT molecular complexity index is 894.